The van der Waals surface area contributed by atoms with Crippen LogP contribution in [0.2, 0.25) is 0 Å². The fraction of sp³-hybridized carbons (Fsp3) is 0.136. The third kappa shape index (κ3) is 5.11. The van der Waals surface area contributed by atoms with Gasteiger partial charge in [0, 0.05) is 17.3 Å². The standard InChI is InChI=1S/C22H20INO5/c1-26-17-5-4-6-18(13-17)29-16-9-7-15(8-10-16)24-22(25)14-11-19(23)21(28-3)20(12-14)27-2/h4-13H,1-3H3,(H,24,25). The zero-order valence-corrected chi connectivity index (χ0v) is 18.4. The van der Waals surface area contributed by atoms with E-state index >= 15 is 0 Å². The zero-order valence-electron chi connectivity index (χ0n) is 16.2. The lowest BCUT2D eigenvalue weighted by atomic mass is 10.2. The molecule has 0 spiro atoms. The molecule has 3 aromatic rings. The molecule has 0 aliphatic heterocycles. The maximum atomic E-state index is 12.6. The van der Waals surface area contributed by atoms with Crippen LogP contribution in [-0.2, 0) is 0 Å². The molecule has 0 bridgehead atoms. The molecule has 0 heterocycles. The molecule has 3 rings (SSSR count). The van der Waals surface area contributed by atoms with Crippen LogP contribution in [0.25, 0.3) is 0 Å². The molecule has 1 amide bonds. The maximum absolute atomic E-state index is 12.6. The van der Waals surface area contributed by atoms with Crippen LogP contribution in [0.3, 0.4) is 0 Å². The average molecular weight is 505 g/mol. The third-order valence-corrected chi connectivity index (χ3v) is 4.89. The number of hydrogen-bond donors (Lipinski definition) is 1. The van der Waals surface area contributed by atoms with Crippen molar-refractivity contribution in [3.05, 3.63) is 69.8 Å². The second-order valence-electron chi connectivity index (χ2n) is 5.95. The third-order valence-electron chi connectivity index (χ3n) is 4.08. The summed E-state index contributed by atoms with van der Waals surface area (Å²) in [5, 5.41) is 2.87. The zero-order chi connectivity index (χ0) is 20.8. The molecule has 7 heteroatoms. The average Bonchev–Trinajstić information content (AvgIpc) is 2.74. The number of anilines is 1. The van der Waals surface area contributed by atoms with E-state index < -0.39 is 0 Å². The summed E-state index contributed by atoms with van der Waals surface area (Å²) in [5.41, 5.74) is 1.13. The van der Waals surface area contributed by atoms with E-state index in [-0.39, 0.29) is 5.91 Å². The molecule has 150 valence electrons. The Bertz CT molecular complexity index is 1000. The summed E-state index contributed by atoms with van der Waals surface area (Å²) in [5.74, 6) is 2.90. The number of halogens is 1. The van der Waals surface area contributed by atoms with Gasteiger partial charge in [0.1, 0.15) is 17.2 Å². The molecule has 0 radical (unpaired) electrons. The molecular formula is C22H20INO5. The van der Waals surface area contributed by atoms with E-state index in [9.17, 15) is 4.79 Å². The Hall–Kier alpha value is -2.94. The predicted molar refractivity (Wildman–Crippen MR) is 120 cm³/mol. The summed E-state index contributed by atoms with van der Waals surface area (Å²) in [7, 11) is 4.71. The van der Waals surface area contributed by atoms with Crippen LogP contribution in [0.1, 0.15) is 10.4 Å². The number of amides is 1. The number of rotatable bonds is 7. The monoisotopic (exact) mass is 505 g/mol. The van der Waals surface area contributed by atoms with E-state index in [0.29, 0.717) is 34.2 Å². The Morgan fingerprint density at radius 1 is 0.828 bits per heavy atom. The molecule has 0 unspecified atom stereocenters. The van der Waals surface area contributed by atoms with E-state index in [4.69, 9.17) is 18.9 Å². The molecule has 1 N–H and O–H groups in total. The number of carbonyl (C=O) groups excluding carboxylic acids is 1. The van der Waals surface area contributed by atoms with Gasteiger partial charge in [-0.25, -0.2) is 0 Å². The molecule has 0 aliphatic carbocycles. The van der Waals surface area contributed by atoms with Crippen molar-refractivity contribution in [2.75, 3.05) is 26.6 Å². The normalized spacial score (nSPS) is 10.2. The number of carbonyl (C=O) groups is 1. The molecule has 0 aliphatic rings. The van der Waals surface area contributed by atoms with Gasteiger partial charge < -0.3 is 24.3 Å². The highest BCUT2D eigenvalue weighted by molar-refractivity contribution is 14.1. The van der Waals surface area contributed by atoms with Gasteiger partial charge in [-0.2, -0.15) is 0 Å². The second kappa shape index (κ2) is 9.51. The Kier molecular flexibility index (Phi) is 6.82. The highest BCUT2D eigenvalue weighted by Gasteiger charge is 2.15. The number of benzene rings is 3. The highest BCUT2D eigenvalue weighted by atomic mass is 127. The van der Waals surface area contributed by atoms with Crippen molar-refractivity contribution in [3.63, 3.8) is 0 Å². The quantitative estimate of drug-likeness (QED) is 0.438. The molecular weight excluding hydrogens is 485 g/mol. The first-order valence-corrected chi connectivity index (χ1v) is 9.76. The first-order chi connectivity index (χ1) is 14.0. The van der Waals surface area contributed by atoms with Crippen LogP contribution in [0.15, 0.2) is 60.7 Å². The van der Waals surface area contributed by atoms with Crippen LogP contribution in [0, 0.1) is 3.57 Å². The summed E-state index contributed by atoms with van der Waals surface area (Å²) in [6.07, 6.45) is 0. The Morgan fingerprint density at radius 3 is 2.21 bits per heavy atom. The minimum atomic E-state index is -0.245. The summed E-state index contributed by atoms with van der Waals surface area (Å²) >= 11 is 2.11. The van der Waals surface area contributed by atoms with E-state index in [1.807, 2.05) is 18.2 Å². The van der Waals surface area contributed by atoms with Crippen LogP contribution in [0.4, 0.5) is 5.69 Å². The summed E-state index contributed by atoms with van der Waals surface area (Å²) in [4.78, 5) is 12.6. The minimum Gasteiger partial charge on any atom is -0.497 e. The number of hydrogen-bond acceptors (Lipinski definition) is 5. The van der Waals surface area contributed by atoms with Gasteiger partial charge in [0.15, 0.2) is 11.5 Å². The fourth-order valence-electron chi connectivity index (χ4n) is 2.66. The number of ether oxygens (including phenoxy) is 4. The molecule has 0 aromatic heterocycles. The van der Waals surface area contributed by atoms with Crippen molar-refractivity contribution < 1.29 is 23.7 Å². The SMILES string of the molecule is COc1cccc(Oc2ccc(NC(=O)c3cc(I)c(OC)c(OC)c3)cc2)c1. The van der Waals surface area contributed by atoms with Crippen LogP contribution in [0.5, 0.6) is 28.7 Å². The lowest BCUT2D eigenvalue weighted by molar-refractivity contribution is 0.102. The molecule has 0 atom stereocenters. The number of methoxy groups -OCH3 is 3. The second-order valence-corrected chi connectivity index (χ2v) is 7.12. The summed E-state index contributed by atoms with van der Waals surface area (Å²) < 4.78 is 22.4. The molecule has 29 heavy (non-hydrogen) atoms. The Labute approximate surface area is 182 Å². The van der Waals surface area contributed by atoms with Crippen molar-refractivity contribution in [1.29, 1.82) is 0 Å². The van der Waals surface area contributed by atoms with Crippen molar-refractivity contribution >= 4 is 34.2 Å². The minimum absolute atomic E-state index is 0.245. The van der Waals surface area contributed by atoms with Crippen molar-refractivity contribution in [2.45, 2.75) is 0 Å². The fourth-order valence-corrected chi connectivity index (χ4v) is 3.48. The van der Waals surface area contributed by atoms with Gasteiger partial charge in [-0.3, -0.25) is 4.79 Å². The van der Waals surface area contributed by atoms with E-state index in [2.05, 4.69) is 27.9 Å². The van der Waals surface area contributed by atoms with E-state index in [0.717, 1.165) is 9.32 Å². The van der Waals surface area contributed by atoms with Crippen LogP contribution in [-0.4, -0.2) is 27.2 Å². The molecule has 3 aromatic carbocycles. The lowest BCUT2D eigenvalue weighted by Gasteiger charge is -2.12. The molecule has 0 saturated carbocycles. The predicted octanol–water partition coefficient (Wildman–Crippen LogP) is 5.36. The van der Waals surface area contributed by atoms with Gasteiger partial charge in [0.05, 0.1) is 24.9 Å². The Morgan fingerprint density at radius 2 is 1.55 bits per heavy atom. The first kappa shape index (κ1) is 20.8. The van der Waals surface area contributed by atoms with Crippen LogP contribution < -0.4 is 24.3 Å². The summed E-state index contributed by atoms with van der Waals surface area (Å²) in [6.45, 7) is 0. The molecule has 6 nitrogen and oxygen atoms in total. The first-order valence-electron chi connectivity index (χ1n) is 8.69. The highest BCUT2D eigenvalue weighted by Crippen LogP contribution is 2.34. The maximum Gasteiger partial charge on any atom is 0.255 e. The van der Waals surface area contributed by atoms with Gasteiger partial charge in [-0.15, -0.1) is 0 Å². The number of nitrogens with one attached hydrogen (secondary N) is 1. The molecule has 0 fully saturated rings. The van der Waals surface area contributed by atoms with Crippen LogP contribution >= 0.6 is 22.6 Å². The van der Waals surface area contributed by atoms with Gasteiger partial charge in [-0.05, 0) is 71.1 Å². The van der Waals surface area contributed by atoms with Gasteiger partial charge in [-0.1, -0.05) is 6.07 Å². The van der Waals surface area contributed by atoms with E-state index in [1.165, 1.54) is 7.11 Å². The summed E-state index contributed by atoms with van der Waals surface area (Å²) in [6, 6.07) is 17.9. The van der Waals surface area contributed by atoms with Gasteiger partial charge >= 0.3 is 0 Å². The topological polar surface area (TPSA) is 66.0 Å². The van der Waals surface area contributed by atoms with E-state index in [1.54, 1.807) is 56.7 Å². The van der Waals surface area contributed by atoms with Crippen molar-refractivity contribution in [1.82, 2.24) is 0 Å². The largest absolute Gasteiger partial charge is 0.497 e. The lowest BCUT2D eigenvalue weighted by Crippen LogP contribution is -2.12. The smallest absolute Gasteiger partial charge is 0.255 e. The Balaban J connectivity index is 1.71. The van der Waals surface area contributed by atoms with Gasteiger partial charge in [0.25, 0.3) is 5.91 Å². The van der Waals surface area contributed by atoms with Crippen molar-refractivity contribution in [3.8, 4) is 28.7 Å². The van der Waals surface area contributed by atoms with Gasteiger partial charge in [0.2, 0.25) is 0 Å². The van der Waals surface area contributed by atoms with Crippen molar-refractivity contribution in [2.24, 2.45) is 0 Å². The molecule has 0 saturated heterocycles.